The molecule has 0 saturated carbocycles. The lowest BCUT2D eigenvalue weighted by Crippen LogP contribution is -1.99. The molecule has 2 aromatic carbocycles. The zero-order valence-corrected chi connectivity index (χ0v) is 14.8. The highest BCUT2D eigenvalue weighted by Gasteiger charge is 2.09. The Hall–Kier alpha value is -2.79. The third-order valence-corrected chi connectivity index (χ3v) is 4.08. The van der Waals surface area contributed by atoms with E-state index in [-0.39, 0.29) is 11.6 Å². The van der Waals surface area contributed by atoms with Crippen molar-refractivity contribution in [3.05, 3.63) is 70.6 Å². The molecule has 0 fully saturated rings. The first-order valence-corrected chi connectivity index (χ1v) is 8.48. The standard InChI is InChI=1S/C20H17ClFNO3/c1-2-25-19(24)9-6-13-11-23-18-5-3-4-14(20(13)18)12-26-15-7-8-17(22)16(21)10-15/h3-11,23H,2,12H2,1H3/b9-6+. The Morgan fingerprint density at radius 1 is 1.31 bits per heavy atom. The van der Waals surface area contributed by atoms with Gasteiger partial charge >= 0.3 is 5.97 Å². The Morgan fingerprint density at radius 3 is 2.92 bits per heavy atom. The van der Waals surface area contributed by atoms with Crippen LogP contribution in [0.4, 0.5) is 4.39 Å². The Bertz CT molecular complexity index is 965. The van der Waals surface area contributed by atoms with Crippen LogP contribution in [-0.2, 0) is 16.1 Å². The van der Waals surface area contributed by atoms with E-state index in [4.69, 9.17) is 21.1 Å². The van der Waals surface area contributed by atoms with Crippen LogP contribution in [0.5, 0.6) is 5.75 Å². The van der Waals surface area contributed by atoms with Crippen molar-refractivity contribution in [3.63, 3.8) is 0 Å². The Kier molecular flexibility index (Phi) is 5.58. The number of nitrogens with one attached hydrogen (secondary N) is 1. The maximum absolute atomic E-state index is 13.2. The molecule has 0 radical (unpaired) electrons. The lowest BCUT2D eigenvalue weighted by Gasteiger charge is -2.09. The molecule has 3 aromatic rings. The normalized spacial score (nSPS) is 11.2. The van der Waals surface area contributed by atoms with Crippen LogP contribution >= 0.6 is 11.6 Å². The van der Waals surface area contributed by atoms with Crippen molar-refractivity contribution in [1.29, 1.82) is 0 Å². The molecule has 0 saturated heterocycles. The van der Waals surface area contributed by atoms with Crippen LogP contribution in [0.15, 0.2) is 48.7 Å². The van der Waals surface area contributed by atoms with Gasteiger partial charge in [-0.1, -0.05) is 23.7 Å². The monoisotopic (exact) mass is 373 g/mol. The van der Waals surface area contributed by atoms with Gasteiger partial charge in [-0.3, -0.25) is 0 Å². The SMILES string of the molecule is CCOC(=O)/C=C/c1c[nH]c2cccc(COc3ccc(F)c(Cl)c3)c12. The number of carbonyl (C=O) groups excluding carboxylic acids is 1. The van der Waals surface area contributed by atoms with Gasteiger partial charge in [0.1, 0.15) is 18.2 Å². The lowest BCUT2D eigenvalue weighted by atomic mass is 10.1. The molecular weight excluding hydrogens is 357 g/mol. The number of benzene rings is 2. The smallest absolute Gasteiger partial charge is 0.330 e. The van der Waals surface area contributed by atoms with E-state index in [0.29, 0.717) is 12.4 Å². The van der Waals surface area contributed by atoms with Crippen LogP contribution in [0, 0.1) is 5.82 Å². The Balaban J connectivity index is 1.85. The van der Waals surface area contributed by atoms with E-state index in [1.165, 1.54) is 24.3 Å². The molecule has 1 heterocycles. The summed E-state index contributed by atoms with van der Waals surface area (Å²) >= 11 is 5.78. The van der Waals surface area contributed by atoms with Gasteiger partial charge in [0.2, 0.25) is 0 Å². The zero-order chi connectivity index (χ0) is 18.5. The van der Waals surface area contributed by atoms with E-state index >= 15 is 0 Å². The number of carbonyl (C=O) groups is 1. The Morgan fingerprint density at radius 2 is 2.15 bits per heavy atom. The fraction of sp³-hybridized carbons (Fsp3) is 0.150. The van der Waals surface area contributed by atoms with Gasteiger partial charge in [0.25, 0.3) is 0 Å². The molecule has 134 valence electrons. The number of esters is 1. The van der Waals surface area contributed by atoms with Crippen molar-refractivity contribution in [2.75, 3.05) is 6.61 Å². The summed E-state index contributed by atoms with van der Waals surface area (Å²) in [6.45, 7) is 2.36. The number of ether oxygens (including phenoxy) is 2. The predicted octanol–water partition coefficient (Wildman–Crippen LogP) is 5.12. The molecule has 26 heavy (non-hydrogen) atoms. The van der Waals surface area contributed by atoms with E-state index in [2.05, 4.69) is 4.98 Å². The van der Waals surface area contributed by atoms with Gasteiger partial charge in [-0.25, -0.2) is 9.18 Å². The maximum atomic E-state index is 13.2. The number of hydrogen-bond donors (Lipinski definition) is 1. The van der Waals surface area contributed by atoms with Gasteiger partial charge < -0.3 is 14.5 Å². The van der Waals surface area contributed by atoms with Crippen LogP contribution in [-0.4, -0.2) is 17.6 Å². The summed E-state index contributed by atoms with van der Waals surface area (Å²) in [5.74, 6) is -0.401. The van der Waals surface area contributed by atoms with Gasteiger partial charge in [0, 0.05) is 34.8 Å². The van der Waals surface area contributed by atoms with Crippen molar-refractivity contribution in [2.24, 2.45) is 0 Å². The van der Waals surface area contributed by atoms with Gasteiger partial charge in [-0.05, 0) is 36.8 Å². The summed E-state index contributed by atoms with van der Waals surface area (Å²) in [5.41, 5.74) is 2.70. The van der Waals surface area contributed by atoms with Crippen molar-refractivity contribution in [1.82, 2.24) is 4.98 Å². The first kappa shape index (κ1) is 18.0. The number of halogens is 2. The van der Waals surface area contributed by atoms with E-state index < -0.39 is 11.8 Å². The maximum Gasteiger partial charge on any atom is 0.330 e. The first-order chi connectivity index (χ1) is 12.6. The number of aromatic nitrogens is 1. The number of fused-ring (bicyclic) bond motifs is 1. The number of rotatable bonds is 6. The van der Waals surface area contributed by atoms with Crippen molar-refractivity contribution >= 4 is 34.5 Å². The number of H-pyrrole nitrogens is 1. The summed E-state index contributed by atoms with van der Waals surface area (Å²) in [6.07, 6.45) is 4.91. The van der Waals surface area contributed by atoms with Crippen LogP contribution < -0.4 is 4.74 Å². The molecule has 0 aliphatic rings. The number of aromatic amines is 1. The zero-order valence-electron chi connectivity index (χ0n) is 14.1. The number of hydrogen-bond acceptors (Lipinski definition) is 3. The topological polar surface area (TPSA) is 51.3 Å². The molecule has 3 rings (SSSR count). The highest BCUT2D eigenvalue weighted by molar-refractivity contribution is 6.30. The molecule has 0 spiro atoms. The van der Waals surface area contributed by atoms with Crippen molar-refractivity contribution in [3.8, 4) is 5.75 Å². The van der Waals surface area contributed by atoms with Crippen molar-refractivity contribution < 1.29 is 18.7 Å². The minimum Gasteiger partial charge on any atom is -0.489 e. The summed E-state index contributed by atoms with van der Waals surface area (Å²) in [4.78, 5) is 14.7. The van der Waals surface area contributed by atoms with Gasteiger partial charge in [0.05, 0.1) is 11.6 Å². The molecule has 1 N–H and O–H groups in total. The summed E-state index contributed by atoms with van der Waals surface area (Å²) in [5, 5.41) is 0.960. The molecule has 4 nitrogen and oxygen atoms in total. The predicted molar refractivity (Wildman–Crippen MR) is 99.7 cm³/mol. The average molecular weight is 374 g/mol. The molecule has 0 aliphatic carbocycles. The van der Waals surface area contributed by atoms with Gasteiger partial charge in [0.15, 0.2) is 0 Å². The molecule has 0 bridgehead atoms. The molecule has 0 amide bonds. The van der Waals surface area contributed by atoms with Crippen LogP contribution in [0.2, 0.25) is 5.02 Å². The fourth-order valence-corrected chi connectivity index (χ4v) is 2.79. The molecule has 0 aliphatic heterocycles. The van der Waals surface area contributed by atoms with E-state index in [0.717, 1.165) is 22.0 Å². The lowest BCUT2D eigenvalue weighted by molar-refractivity contribution is -0.137. The average Bonchev–Trinajstić information content (AvgIpc) is 3.05. The molecule has 0 unspecified atom stereocenters. The highest BCUT2D eigenvalue weighted by atomic mass is 35.5. The second-order valence-corrected chi connectivity index (χ2v) is 5.94. The largest absolute Gasteiger partial charge is 0.489 e. The molecule has 1 aromatic heterocycles. The summed E-state index contributed by atoms with van der Waals surface area (Å²) in [7, 11) is 0. The second kappa shape index (κ2) is 8.06. The van der Waals surface area contributed by atoms with Crippen LogP contribution in [0.1, 0.15) is 18.1 Å². The summed E-state index contributed by atoms with van der Waals surface area (Å²) < 4.78 is 23.9. The van der Waals surface area contributed by atoms with E-state index in [1.54, 1.807) is 13.0 Å². The first-order valence-electron chi connectivity index (χ1n) is 8.10. The third kappa shape index (κ3) is 4.06. The minimum atomic E-state index is -0.488. The molecule has 0 atom stereocenters. The van der Waals surface area contributed by atoms with Crippen LogP contribution in [0.3, 0.4) is 0 Å². The van der Waals surface area contributed by atoms with Gasteiger partial charge in [-0.15, -0.1) is 0 Å². The van der Waals surface area contributed by atoms with Gasteiger partial charge in [-0.2, -0.15) is 0 Å². The summed E-state index contributed by atoms with van der Waals surface area (Å²) in [6, 6.07) is 10.0. The highest BCUT2D eigenvalue weighted by Crippen LogP contribution is 2.26. The molecular formula is C20H17ClFNO3. The van der Waals surface area contributed by atoms with Crippen LogP contribution in [0.25, 0.3) is 17.0 Å². The molecule has 6 heteroatoms. The minimum absolute atomic E-state index is 0.0143. The Labute approximate surface area is 155 Å². The fourth-order valence-electron chi connectivity index (χ4n) is 2.62. The third-order valence-electron chi connectivity index (χ3n) is 3.79. The quantitative estimate of drug-likeness (QED) is 0.482. The van der Waals surface area contributed by atoms with E-state index in [9.17, 15) is 9.18 Å². The van der Waals surface area contributed by atoms with Crippen molar-refractivity contribution in [2.45, 2.75) is 13.5 Å². The second-order valence-electron chi connectivity index (χ2n) is 5.53. The van der Waals surface area contributed by atoms with E-state index in [1.807, 2.05) is 24.4 Å².